The minimum absolute atomic E-state index is 0.265. The van der Waals surface area contributed by atoms with Crippen LogP contribution in [0.1, 0.15) is 45.1 Å². The summed E-state index contributed by atoms with van der Waals surface area (Å²) < 4.78 is 19.1. The highest BCUT2D eigenvalue weighted by atomic mass is 19.1. The zero-order valence-electron chi connectivity index (χ0n) is 11.4. The van der Waals surface area contributed by atoms with Gasteiger partial charge in [0.25, 0.3) is 0 Å². The molecule has 2 N–H and O–H groups in total. The second-order valence-corrected chi connectivity index (χ2v) is 4.74. The Balaban J connectivity index is 2.40. The molecule has 0 amide bonds. The standard InChI is InChI=1S/C15H24FNO/c1-3-5-7-12(4-2)10-18-11-13-14(16)8-6-9-15(13)17/h6,8-9,12H,3-5,7,10-11,17H2,1-2H3. The van der Waals surface area contributed by atoms with E-state index in [9.17, 15) is 4.39 Å². The fourth-order valence-electron chi connectivity index (χ4n) is 1.95. The first-order valence-corrected chi connectivity index (χ1v) is 6.79. The Labute approximate surface area is 109 Å². The molecule has 0 fully saturated rings. The Bertz CT molecular complexity index is 334. The lowest BCUT2D eigenvalue weighted by Crippen LogP contribution is -2.10. The molecule has 0 aliphatic heterocycles. The molecule has 0 aliphatic rings. The van der Waals surface area contributed by atoms with Crippen molar-refractivity contribution in [3.05, 3.63) is 29.6 Å². The molecule has 0 aliphatic carbocycles. The first-order chi connectivity index (χ1) is 8.69. The molecule has 1 aromatic carbocycles. The smallest absolute Gasteiger partial charge is 0.130 e. The van der Waals surface area contributed by atoms with Crippen LogP contribution in [0.15, 0.2) is 18.2 Å². The summed E-state index contributed by atoms with van der Waals surface area (Å²) in [6, 6.07) is 4.74. The van der Waals surface area contributed by atoms with Crippen molar-refractivity contribution in [3.8, 4) is 0 Å². The summed E-state index contributed by atoms with van der Waals surface area (Å²) in [6.07, 6.45) is 4.72. The Morgan fingerprint density at radius 2 is 2.11 bits per heavy atom. The largest absolute Gasteiger partial charge is 0.398 e. The van der Waals surface area contributed by atoms with Crippen LogP contribution < -0.4 is 5.73 Å². The maximum Gasteiger partial charge on any atom is 0.130 e. The van der Waals surface area contributed by atoms with Crippen molar-refractivity contribution in [2.75, 3.05) is 12.3 Å². The van der Waals surface area contributed by atoms with E-state index in [1.807, 2.05) is 0 Å². The van der Waals surface area contributed by atoms with Crippen molar-refractivity contribution in [1.82, 2.24) is 0 Å². The molecule has 2 nitrogen and oxygen atoms in total. The van der Waals surface area contributed by atoms with Gasteiger partial charge in [-0.3, -0.25) is 0 Å². The van der Waals surface area contributed by atoms with Crippen LogP contribution in [0.3, 0.4) is 0 Å². The third-order valence-electron chi connectivity index (χ3n) is 3.30. The first-order valence-electron chi connectivity index (χ1n) is 6.79. The summed E-state index contributed by atoms with van der Waals surface area (Å²) in [5.41, 5.74) is 6.67. The van der Waals surface area contributed by atoms with E-state index >= 15 is 0 Å². The summed E-state index contributed by atoms with van der Waals surface area (Å²) >= 11 is 0. The normalized spacial score (nSPS) is 12.6. The van der Waals surface area contributed by atoms with E-state index in [0.717, 1.165) is 6.42 Å². The minimum Gasteiger partial charge on any atom is -0.398 e. The van der Waals surface area contributed by atoms with Crippen LogP contribution in [0.4, 0.5) is 10.1 Å². The maximum atomic E-state index is 13.5. The first kappa shape index (κ1) is 15.0. The SMILES string of the molecule is CCCCC(CC)COCc1c(N)cccc1F. The van der Waals surface area contributed by atoms with E-state index in [1.165, 1.54) is 25.3 Å². The lowest BCUT2D eigenvalue weighted by molar-refractivity contribution is 0.0806. The molecule has 0 spiro atoms. The summed E-state index contributed by atoms with van der Waals surface area (Å²) in [7, 11) is 0. The van der Waals surface area contributed by atoms with Crippen LogP contribution in [0.2, 0.25) is 0 Å². The molecule has 1 unspecified atom stereocenters. The highest BCUT2D eigenvalue weighted by Gasteiger charge is 2.09. The number of nitrogen functional groups attached to an aromatic ring is 1. The number of benzene rings is 1. The van der Waals surface area contributed by atoms with Crippen LogP contribution in [0.5, 0.6) is 0 Å². The Morgan fingerprint density at radius 1 is 1.33 bits per heavy atom. The molecule has 0 saturated carbocycles. The summed E-state index contributed by atoms with van der Waals surface area (Å²) in [4.78, 5) is 0. The zero-order chi connectivity index (χ0) is 13.4. The Kier molecular flexibility index (Phi) is 6.73. The van der Waals surface area contributed by atoms with Gasteiger partial charge >= 0.3 is 0 Å². The van der Waals surface area contributed by atoms with Crippen LogP contribution in [-0.2, 0) is 11.3 Å². The summed E-state index contributed by atoms with van der Waals surface area (Å²) in [5, 5.41) is 0. The van der Waals surface area contributed by atoms with Gasteiger partial charge in [-0.2, -0.15) is 0 Å². The van der Waals surface area contributed by atoms with Gasteiger partial charge in [-0.1, -0.05) is 39.2 Å². The van der Waals surface area contributed by atoms with E-state index in [1.54, 1.807) is 12.1 Å². The van der Waals surface area contributed by atoms with E-state index in [0.29, 0.717) is 23.8 Å². The quantitative estimate of drug-likeness (QED) is 0.707. The topological polar surface area (TPSA) is 35.2 Å². The van der Waals surface area contributed by atoms with Gasteiger partial charge in [-0.15, -0.1) is 0 Å². The third kappa shape index (κ3) is 4.65. The molecule has 0 radical (unpaired) electrons. The fraction of sp³-hybridized carbons (Fsp3) is 0.600. The van der Waals surface area contributed by atoms with Crippen molar-refractivity contribution >= 4 is 5.69 Å². The van der Waals surface area contributed by atoms with Crippen molar-refractivity contribution in [2.24, 2.45) is 5.92 Å². The average molecular weight is 253 g/mol. The number of halogens is 1. The van der Waals surface area contributed by atoms with Gasteiger partial charge in [0.05, 0.1) is 6.61 Å². The van der Waals surface area contributed by atoms with Crippen LogP contribution in [-0.4, -0.2) is 6.61 Å². The van der Waals surface area contributed by atoms with Gasteiger partial charge < -0.3 is 10.5 Å². The molecule has 3 heteroatoms. The number of ether oxygens (including phenoxy) is 1. The van der Waals surface area contributed by atoms with Crippen LogP contribution in [0, 0.1) is 11.7 Å². The molecular weight excluding hydrogens is 229 g/mol. The van der Waals surface area contributed by atoms with Gasteiger partial charge in [-0.25, -0.2) is 4.39 Å². The molecule has 0 saturated heterocycles. The average Bonchev–Trinajstić information content (AvgIpc) is 2.36. The van der Waals surface area contributed by atoms with Crippen LogP contribution >= 0.6 is 0 Å². The molecule has 1 rings (SSSR count). The van der Waals surface area contributed by atoms with E-state index in [-0.39, 0.29) is 12.4 Å². The highest BCUT2D eigenvalue weighted by Crippen LogP contribution is 2.18. The molecule has 0 heterocycles. The highest BCUT2D eigenvalue weighted by molar-refractivity contribution is 5.46. The van der Waals surface area contributed by atoms with Gasteiger partial charge in [0.2, 0.25) is 0 Å². The maximum absolute atomic E-state index is 13.5. The predicted octanol–water partition coefficient (Wildman–Crippen LogP) is 4.14. The monoisotopic (exact) mass is 253 g/mol. The number of hydrogen-bond donors (Lipinski definition) is 1. The van der Waals surface area contributed by atoms with Crippen molar-refractivity contribution in [1.29, 1.82) is 0 Å². The van der Waals surface area contributed by atoms with Gasteiger partial charge in [0.15, 0.2) is 0 Å². The number of anilines is 1. The Hall–Kier alpha value is -1.09. The molecule has 0 aromatic heterocycles. The Morgan fingerprint density at radius 3 is 2.72 bits per heavy atom. The number of unbranched alkanes of at least 4 members (excludes halogenated alkanes) is 1. The van der Waals surface area contributed by atoms with Crippen molar-refractivity contribution < 1.29 is 9.13 Å². The number of rotatable bonds is 8. The molecule has 1 atom stereocenters. The second-order valence-electron chi connectivity index (χ2n) is 4.74. The van der Waals surface area contributed by atoms with Gasteiger partial charge in [-0.05, 0) is 24.5 Å². The molecule has 18 heavy (non-hydrogen) atoms. The number of hydrogen-bond acceptors (Lipinski definition) is 2. The van der Waals surface area contributed by atoms with Gasteiger partial charge in [0.1, 0.15) is 5.82 Å². The molecular formula is C15H24FNO. The lowest BCUT2D eigenvalue weighted by Gasteiger charge is -2.15. The van der Waals surface area contributed by atoms with Crippen LogP contribution in [0.25, 0.3) is 0 Å². The third-order valence-corrected chi connectivity index (χ3v) is 3.30. The second kappa shape index (κ2) is 8.09. The minimum atomic E-state index is -0.281. The summed E-state index contributed by atoms with van der Waals surface area (Å²) in [5.74, 6) is 0.287. The zero-order valence-corrected chi connectivity index (χ0v) is 11.4. The van der Waals surface area contributed by atoms with Gasteiger partial charge in [0, 0.05) is 17.9 Å². The van der Waals surface area contributed by atoms with E-state index in [2.05, 4.69) is 13.8 Å². The fourth-order valence-corrected chi connectivity index (χ4v) is 1.95. The van der Waals surface area contributed by atoms with E-state index in [4.69, 9.17) is 10.5 Å². The van der Waals surface area contributed by atoms with Crippen molar-refractivity contribution in [2.45, 2.75) is 46.1 Å². The molecule has 102 valence electrons. The van der Waals surface area contributed by atoms with Crippen molar-refractivity contribution in [3.63, 3.8) is 0 Å². The predicted molar refractivity (Wildman–Crippen MR) is 73.8 cm³/mol. The molecule has 0 bridgehead atoms. The summed E-state index contributed by atoms with van der Waals surface area (Å²) in [6.45, 7) is 5.31. The number of nitrogens with two attached hydrogens (primary N) is 1. The molecule has 1 aromatic rings. The lowest BCUT2D eigenvalue weighted by atomic mass is 10.0. The van der Waals surface area contributed by atoms with E-state index < -0.39 is 0 Å².